The van der Waals surface area contributed by atoms with Crippen molar-refractivity contribution in [2.45, 2.75) is 13.5 Å². The Kier molecular flexibility index (Phi) is 6.27. The van der Waals surface area contributed by atoms with E-state index in [9.17, 15) is 14.4 Å². The number of methoxy groups -OCH3 is 1. The highest BCUT2D eigenvalue weighted by Crippen LogP contribution is 2.21. The third kappa shape index (κ3) is 4.80. The van der Waals surface area contributed by atoms with Crippen LogP contribution in [0, 0.1) is 6.92 Å². The third-order valence-corrected chi connectivity index (χ3v) is 3.65. The van der Waals surface area contributed by atoms with Gasteiger partial charge in [0, 0.05) is 6.54 Å². The Hall–Kier alpha value is -3.41. The zero-order chi connectivity index (χ0) is 19.1. The second kappa shape index (κ2) is 8.62. The summed E-state index contributed by atoms with van der Waals surface area (Å²) in [5, 5.41) is 2.65. The standard InChI is InChI=1S/C20H19NO5/c1-4-18(22)21-12-14-6-9-15(10-7-14)20(24)26-17-11-16(19(23)25-3)8-5-13(17)2/h4-11H,1,12H2,2-3H3,(H,21,22). The van der Waals surface area contributed by atoms with Crippen molar-refractivity contribution in [1.29, 1.82) is 0 Å². The van der Waals surface area contributed by atoms with E-state index in [4.69, 9.17) is 4.74 Å². The molecule has 0 atom stereocenters. The monoisotopic (exact) mass is 353 g/mol. The van der Waals surface area contributed by atoms with Crippen molar-refractivity contribution in [1.82, 2.24) is 5.32 Å². The molecule has 0 saturated heterocycles. The molecule has 1 N–H and O–H groups in total. The smallest absolute Gasteiger partial charge is 0.343 e. The summed E-state index contributed by atoms with van der Waals surface area (Å²) in [5.74, 6) is -1.03. The SMILES string of the molecule is C=CC(=O)NCc1ccc(C(=O)Oc2cc(C(=O)OC)ccc2C)cc1. The lowest BCUT2D eigenvalue weighted by atomic mass is 10.1. The van der Waals surface area contributed by atoms with Gasteiger partial charge in [-0.1, -0.05) is 24.8 Å². The van der Waals surface area contributed by atoms with Crippen molar-refractivity contribution in [3.05, 3.63) is 77.4 Å². The molecule has 0 bridgehead atoms. The number of nitrogens with one attached hydrogen (secondary N) is 1. The van der Waals surface area contributed by atoms with Crippen molar-refractivity contribution in [2.75, 3.05) is 7.11 Å². The molecule has 2 rings (SSSR count). The lowest BCUT2D eigenvalue weighted by Gasteiger charge is -2.09. The summed E-state index contributed by atoms with van der Waals surface area (Å²) in [4.78, 5) is 35.1. The molecule has 0 aromatic heterocycles. The van der Waals surface area contributed by atoms with Crippen LogP contribution in [0.25, 0.3) is 0 Å². The van der Waals surface area contributed by atoms with Crippen LogP contribution in [0.4, 0.5) is 0 Å². The van der Waals surface area contributed by atoms with Gasteiger partial charge in [0.15, 0.2) is 0 Å². The van der Waals surface area contributed by atoms with Crippen molar-refractivity contribution < 1.29 is 23.9 Å². The molecule has 6 heteroatoms. The maximum absolute atomic E-state index is 12.3. The largest absolute Gasteiger partial charge is 0.465 e. The average molecular weight is 353 g/mol. The fraction of sp³-hybridized carbons (Fsp3) is 0.150. The van der Waals surface area contributed by atoms with Gasteiger partial charge in [-0.05, 0) is 48.4 Å². The number of esters is 2. The van der Waals surface area contributed by atoms with Gasteiger partial charge in [0.05, 0.1) is 18.2 Å². The molecule has 0 saturated carbocycles. The van der Waals surface area contributed by atoms with E-state index in [1.165, 1.54) is 19.3 Å². The van der Waals surface area contributed by atoms with E-state index < -0.39 is 11.9 Å². The Morgan fingerprint density at radius 2 is 1.69 bits per heavy atom. The molecule has 2 aromatic rings. The number of carbonyl (C=O) groups excluding carboxylic acids is 3. The van der Waals surface area contributed by atoms with E-state index in [1.807, 2.05) is 0 Å². The maximum atomic E-state index is 12.3. The Morgan fingerprint density at radius 3 is 2.31 bits per heavy atom. The van der Waals surface area contributed by atoms with Gasteiger partial charge >= 0.3 is 11.9 Å². The maximum Gasteiger partial charge on any atom is 0.343 e. The van der Waals surface area contributed by atoms with Crippen LogP contribution in [-0.2, 0) is 16.1 Å². The first-order valence-corrected chi connectivity index (χ1v) is 7.85. The van der Waals surface area contributed by atoms with Gasteiger partial charge in [0.25, 0.3) is 0 Å². The Morgan fingerprint density at radius 1 is 1.04 bits per heavy atom. The summed E-state index contributed by atoms with van der Waals surface area (Å²) < 4.78 is 10.1. The van der Waals surface area contributed by atoms with E-state index in [1.54, 1.807) is 43.3 Å². The van der Waals surface area contributed by atoms with E-state index in [0.29, 0.717) is 23.4 Å². The second-order valence-electron chi connectivity index (χ2n) is 5.48. The number of aryl methyl sites for hydroxylation is 1. The van der Waals surface area contributed by atoms with Crippen molar-refractivity contribution in [3.63, 3.8) is 0 Å². The minimum Gasteiger partial charge on any atom is -0.465 e. The quantitative estimate of drug-likeness (QED) is 0.491. The molecule has 1 amide bonds. The van der Waals surface area contributed by atoms with Crippen molar-refractivity contribution >= 4 is 17.8 Å². The van der Waals surface area contributed by atoms with E-state index >= 15 is 0 Å². The van der Waals surface area contributed by atoms with Gasteiger partial charge < -0.3 is 14.8 Å². The number of carbonyl (C=O) groups is 3. The molecule has 0 fully saturated rings. The number of ether oxygens (including phenoxy) is 2. The van der Waals surface area contributed by atoms with Crippen LogP contribution in [0.5, 0.6) is 5.75 Å². The molecular formula is C20H19NO5. The fourth-order valence-corrected chi connectivity index (χ4v) is 2.13. The van der Waals surface area contributed by atoms with E-state index in [-0.39, 0.29) is 5.91 Å². The molecule has 0 aliphatic heterocycles. The molecule has 6 nitrogen and oxygen atoms in total. The van der Waals surface area contributed by atoms with Crippen LogP contribution < -0.4 is 10.1 Å². The van der Waals surface area contributed by atoms with E-state index in [2.05, 4.69) is 16.6 Å². The first-order chi connectivity index (χ1) is 12.4. The summed E-state index contributed by atoms with van der Waals surface area (Å²) in [5.41, 5.74) is 2.20. The topological polar surface area (TPSA) is 81.7 Å². The Bertz CT molecular complexity index is 840. The molecule has 0 aliphatic rings. The van der Waals surface area contributed by atoms with E-state index in [0.717, 1.165) is 11.1 Å². The van der Waals surface area contributed by atoms with Gasteiger partial charge in [-0.15, -0.1) is 0 Å². The van der Waals surface area contributed by atoms with Gasteiger partial charge in [0.1, 0.15) is 5.75 Å². The van der Waals surface area contributed by atoms with Crippen LogP contribution in [0.1, 0.15) is 31.8 Å². The second-order valence-corrected chi connectivity index (χ2v) is 5.48. The fourth-order valence-electron chi connectivity index (χ4n) is 2.13. The van der Waals surface area contributed by atoms with Gasteiger partial charge in [-0.2, -0.15) is 0 Å². The summed E-state index contributed by atoms with van der Waals surface area (Å²) in [6.45, 7) is 5.48. The van der Waals surface area contributed by atoms with Gasteiger partial charge in [-0.25, -0.2) is 9.59 Å². The predicted octanol–water partition coefficient (Wildman–Crippen LogP) is 2.80. The zero-order valence-corrected chi connectivity index (χ0v) is 14.6. The third-order valence-electron chi connectivity index (χ3n) is 3.65. The number of hydrogen-bond donors (Lipinski definition) is 1. The number of benzene rings is 2. The number of hydrogen-bond acceptors (Lipinski definition) is 5. The zero-order valence-electron chi connectivity index (χ0n) is 14.6. The molecule has 0 radical (unpaired) electrons. The minimum atomic E-state index is -0.545. The van der Waals surface area contributed by atoms with Crippen LogP contribution in [-0.4, -0.2) is 25.0 Å². The molecule has 26 heavy (non-hydrogen) atoms. The normalized spacial score (nSPS) is 9.92. The lowest BCUT2D eigenvalue weighted by Crippen LogP contribution is -2.20. The molecule has 0 aliphatic carbocycles. The summed E-state index contributed by atoms with van der Waals surface area (Å²) >= 11 is 0. The highest BCUT2D eigenvalue weighted by Gasteiger charge is 2.13. The first kappa shape index (κ1) is 18.9. The summed E-state index contributed by atoms with van der Waals surface area (Å²) in [6, 6.07) is 11.4. The highest BCUT2D eigenvalue weighted by atomic mass is 16.5. The summed E-state index contributed by atoms with van der Waals surface area (Å²) in [6.07, 6.45) is 1.19. The minimum absolute atomic E-state index is 0.269. The van der Waals surface area contributed by atoms with Crippen molar-refractivity contribution in [2.24, 2.45) is 0 Å². The number of rotatable bonds is 6. The van der Waals surface area contributed by atoms with Crippen molar-refractivity contribution in [3.8, 4) is 5.75 Å². The highest BCUT2D eigenvalue weighted by molar-refractivity contribution is 5.93. The van der Waals surface area contributed by atoms with Crippen LogP contribution in [0.2, 0.25) is 0 Å². The lowest BCUT2D eigenvalue weighted by molar-refractivity contribution is -0.116. The van der Waals surface area contributed by atoms with Gasteiger partial charge in [0.2, 0.25) is 5.91 Å². The molecular weight excluding hydrogens is 334 g/mol. The molecule has 0 unspecified atom stereocenters. The molecule has 134 valence electrons. The Balaban J connectivity index is 2.09. The number of amides is 1. The molecule has 2 aromatic carbocycles. The van der Waals surface area contributed by atoms with Gasteiger partial charge in [-0.3, -0.25) is 4.79 Å². The van der Waals surface area contributed by atoms with Crippen LogP contribution in [0.3, 0.4) is 0 Å². The average Bonchev–Trinajstić information content (AvgIpc) is 2.67. The van der Waals surface area contributed by atoms with Crippen LogP contribution >= 0.6 is 0 Å². The molecule has 0 heterocycles. The Labute approximate surface area is 151 Å². The first-order valence-electron chi connectivity index (χ1n) is 7.85. The molecule has 0 spiro atoms. The predicted molar refractivity (Wildman–Crippen MR) is 96.0 cm³/mol. The summed E-state index contributed by atoms with van der Waals surface area (Å²) in [7, 11) is 1.28. The van der Waals surface area contributed by atoms with Crippen LogP contribution in [0.15, 0.2) is 55.1 Å².